The molecular formula is C27H36F3N3O2. The molecule has 3 rings (SSSR count). The quantitative estimate of drug-likeness (QED) is 0.485. The first-order valence-corrected chi connectivity index (χ1v) is 11.9. The highest BCUT2D eigenvalue weighted by atomic mass is 19.4. The third kappa shape index (κ3) is 8.50. The van der Waals surface area contributed by atoms with E-state index >= 15 is 0 Å². The average Bonchev–Trinajstić information content (AvgIpc) is 2.80. The second-order valence-electron chi connectivity index (χ2n) is 8.45. The Balaban J connectivity index is 0.00000145. The van der Waals surface area contributed by atoms with Crippen molar-refractivity contribution in [1.29, 1.82) is 5.26 Å². The van der Waals surface area contributed by atoms with Crippen LogP contribution in [0.5, 0.6) is 0 Å². The molecule has 0 saturated carbocycles. The highest BCUT2D eigenvalue weighted by molar-refractivity contribution is 5.72. The fourth-order valence-corrected chi connectivity index (χ4v) is 3.64. The van der Waals surface area contributed by atoms with E-state index in [4.69, 9.17) is 4.74 Å². The van der Waals surface area contributed by atoms with Gasteiger partial charge in [0.15, 0.2) is 0 Å². The first-order chi connectivity index (χ1) is 16.5. The monoisotopic (exact) mass is 491 g/mol. The Morgan fingerprint density at radius 3 is 2.20 bits per heavy atom. The van der Waals surface area contributed by atoms with Crippen molar-refractivity contribution in [1.82, 2.24) is 5.32 Å². The SMILES string of the molecule is CC.CC.CC(C)(C)OC(=O)NC1Cc2c(CC#N)cccc2N(c2ccc(C(F)(F)F)cc2)C1. The number of halogens is 3. The molecule has 0 saturated heterocycles. The van der Waals surface area contributed by atoms with E-state index in [1.807, 2.05) is 50.8 Å². The molecule has 0 radical (unpaired) electrons. The van der Waals surface area contributed by atoms with Crippen molar-refractivity contribution in [2.24, 2.45) is 0 Å². The van der Waals surface area contributed by atoms with Gasteiger partial charge >= 0.3 is 12.3 Å². The van der Waals surface area contributed by atoms with Crippen molar-refractivity contribution >= 4 is 17.5 Å². The number of nitriles is 1. The highest BCUT2D eigenvalue weighted by Crippen LogP contribution is 2.37. The van der Waals surface area contributed by atoms with E-state index in [2.05, 4.69) is 11.4 Å². The van der Waals surface area contributed by atoms with Gasteiger partial charge in [-0.3, -0.25) is 0 Å². The van der Waals surface area contributed by atoms with Gasteiger partial charge in [0.25, 0.3) is 0 Å². The van der Waals surface area contributed by atoms with Crippen molar-refractivity contribution in [3.8, 4) is 6.07 Å². The van der Waals surface area contributed by atoms with Crippen molar-refractivity contribution in [2.45, 2.75) is 79.1 Å². The van der Waals surface area contributed by atoms with Gasteiger partial charge in [0.05, 0.1) is 24.1 Å². The van der Waals surface area contributed by atoms with Crippen LogP contribution in [-0.2, 0) is 23.8 Å². The zero-order valence-electron chi connectivity index (χ0n) is 21.6. The van der Waals surface area contributed by atoms with Gasteiger partial charge in [0.1, 0.15) is 5.60 Å². The number of alkyl halides is 3. The van der Waals surface area contributed by atoms with E-state index < -0.39 is 23.4 Å². The van der Waals surface area contributed by atoms with Gasteiger partial charge in [0, 0.05) is 17.9 Å². The Labute approximate surface area is 206 Å². The number of benzene rings is 2. The largest absolute Gasteiger partial charge is 0.444 e. The molecule has 1 heterocycles. The molecule has 8 heteroatoms. The third-order valence-electron chi connectivity index (χ3n) is 4.89. The van der Waals surface area contributed by atoms with Gasteiger partial charge in [-0.1, -0.05) is 39.8 Å². The molecule has 1 amide bonds. The van der Waals surface area contributed by atoms with E-state index in [0.29, 0.717) is 18.7 Å². The summed E-state index contributed by atoms with van der Waals surface area (Å²) in [5.74, 6) is 0. The van der Waals surface area contributed by atoms with Crippen molar-refractivity contribution in [3.63, 3.8) is 0 Å². The fourth-order valence-electron chi connectivity index (χ4n) is 3.64. The molecule has 1 atom stereocenters. The maximum atomic E-state index is 13.0. The number of nitrogens with zero attached hydrogens (tertiary/aromatic N) is 2. The Morgan fingerprint density at radius 1 is 1.09 bits per heavy atom. The predicted octanol–water partition coefficient (Wildman–Crippen LogP) is 7.41. The third-order valence-corrected chi connectivity index (χ3v) is 4.89. The lowest BCUT2D eigenvalue weighted by Gasteiger charge is -2.37. The Kier molecular flexibility index (Phi) is 11.1. The number of alkyl carbamates (subject to hydrolysis) is 1. The van der Waals surface area contributed by atoms with Crippen LogP contribution in [-0.4, -0.2) is 24.3 Å². The van der Waals surface area contributed by atoms with E-state index in [-0.39, 0.29) is 12.5 Å². The summed E-state index contributed by atoms with van der Waals surface area (Å²) >= 11 is 0. The van der Waals surface area contributed by atoms with Crippen LogP contribution < -0.4 is 10.2 Å². The van der Waals surface area contributed by atoms with Gasteiger partial charge < -0.3 is 15.0 Å². The fraction of sp³-hybridized carbons (Fsp3) is 0.481. The van der Waals surface area contributed by atoms with E-state index in [0.717, 1.165) is 28.9 Å². The van der Waals surface area contributed by atoms with Crippen LogP contribution in [0, 0.1) is 11.3 Å². The maximum Gasteiger partial charge on any atom is 0.416 e. The summed E-state index contributed by atoms with van der Waals surface area (Å²) in [5, 5.41) is 12.0. The molecule has 1 unspecified atom stereocenters. The molecule has 1 N–H and O–H groups in total. The molecule has 2 aromatic rings. The number of carbonyl (C=O) groups is 1. The van der Waals surface area contributed by atoms with E-state index in [9.17, 15) is 23.2 Å². The van der Waals surface area contributed by atoms with Crippen LogP contribution in [0.3, 0.4) is 0 Å². The highest BCUT2D eigenvalue weighted by Gasteiger charge is 2.32. The molecule has 1 aliphatic rings. The first kappa shape index (κ1) is 29.8. The topological polar surface area (TPSA) is 65.4 Å². The van der Waals surface area contributed by atoms with Crippen LogP contribution >= 0.6 is 0 Å². The van der Waals surface area contributed by atoms with Crippen LogP contribution in [0.1, 0.15) is 65.2 Å². The maximum absolute atomic E-state index is 13.0. The summed E-state index contributed by atoms with van der Waals surface area (Å²) in [4.78, 5) is 14.2. The van der Waals surface area contributed by atoms with Crippen molar-refractivity contribution in [3.05, 3.63) is 59.2 Å². The standard InChI is InChI=1S/C23H24F3N3O2.2C2H6/c1-22(2,3)31-21(30)28-17-13-19-15(11-12-27)5-4-6-20(19)29(14-17)18-9-7-16(8-10-18)23(24,25)26;2*1-2/h4-10,17H,11,13-14H2,1-3H3,(H,28,30);2*1-2H3. The number of hydrogen-bond acceptors (Lipinski definition) is 4. The minimum atomic E-state index is -4.42. The molecule has 0 aromatic heterocycles. The summed E-state index contributed by atoms with van der Waals surface area (Å²) in [7, 11) is 0. The Bertz CT molecular complexity index is 991. The lowest BCUT2D eigenvalue weighted by atomic mass is 9.91. The summed E-state index contributed by atoms with van der Waals surface area (Å²) in [6.45, 7) is 13.7. The zero-order chi connectivity index (χ0) is 26.8. The summed E-state index contributed by atoms with van der Waals surface area (Å²) in [6, 6.07) is 12.3. The molecule has 0 bridgehead atoms. The number of anilines is 2. The molecule has 0 spiro atoms. The van der Waals surface area contributed by atoms with Crippen molar-refractivity contribution < 1.29 is 22.7 Å². The first-order valence-electron chi connectivity index (χ1n) is 11.9. The zero-order valence-corrected chi connectivity index (χ0v) is 21.6. The minimum Gasteiger partial charge on any atom is -0.444 e. The lowest BCUT2D eigenvalue weighted by Crippen LogP contribution is -2.48. The molecule has 35 heavy (non-hydrogen) atoms. The lowest BCUT2D eigenvalue weighted by molar-refractivity contribution is -0.137. The predicted molar refractivity (Wildman–Crippen MR) is 134 cm³/mol. The molecule has 0 fully saturated rings. The summed E-state index contributed by atoms with van der Waals surface area (Å²) < 4.78 is 44.3. The average molecular weight is 492 g/mol. The minimum absolute atomic E-state index is 0.198. The number of rotatable bonds is 3. The van der Waals surface area contributed by atoms with Crippen molar-refractivity contribution in [2.75, 3.05) is 11.4 Å². The smallest absolute Gasteiger partial charge is 0.416 e. The van der Waals surface area contributed by atoms with E-state index in [1.54, 1.807) is 20.8 Å². The van der Waals surface area contributed by atoms with Crippen LogP contribution in [0.2, 0.25) is 0 Å². The van der Waals surface area contributed by atoms with Crippen LogP contribution in [0.15, 0.2) is 42.5 Å². The van der Waals surface area contributed by atoms with Gasteiger partial charge in [-0.15, -0.1) is 0 Å². The molecule has 192 valence electrons. The number of amides is 1. The van der Waals surface area contributed by atoms with Gasteiger partial charge in [-0.05, 0) is 68.7 Å². The number of carbonyl (C=O) groups excluding carboxylic acids is 1. The Morgan fingerprint density at radius 2 is 1.69 bits per heavy atom. The Hall–Kier alpha value is -3.21. The normalized spacial score (nSPS) is 14.8. The van der Waals surface area contributed by atoms with Crippen LogP contribution in [0.25, 0.3) is 0 Å². The number of fused-ring (bicyclic) bond motifs is 1. The molecule has 5 nitrogen and oxygen atoms in total. The van der Waals surface area contributed by atoms with Gasteiger partial charge in [-0.25, -0.2) is 4.79 Å². The molecule has 1 aliphatic heterocycles. The summed E-state index contributed by atoms with van der Waals surface area (Å²) in [6.07, 6.45) is -4.29. The number of nitrogens with one attached hydrogen (secondary N) is 1. The van der Waals surface area contributed by atoms with Crippen LogP contribution in [0.4, 0.5) is 29.3 Å². The van der Waals surface area contributed by atoms with E-state index in [1.165, 1.54) is 12.1 Å². The number of ether oxygens (including phenoxy) is 1. The second-order valence-corrected chi connectivity index (χ2v) is 8.45. The van der Waals surface area contributed by atoms with Gasteiger partial charge in [0.2, 0.25) is 0 Å². The number of hydrogen-bond donors (Lipinski definition) is 1. The van der Waals surface area contributed by atoms with Gasteiger partial charge in [-0.2, -0.15) is 18.4 Å². The second kappa shape index (κ2) is 13.0. The molecular weight excluding hydrogens is 455 g/mol. The molecule has 0 aliphatic carbocycles. The summed E-state index contributed by atoms with van der Waals surface area (Å²) in [5.41, 5.74) is 1.71. The molecule has 2 aromatic carbocycles.